The van der Waals surface area contributed by atoms with E-state index in [-0.39, 0.29) is 23.1 Å². The molecule has 1 atom stereocenters. The largest absolute Gasteiger partial charge is 0.339 e. The van der Waals surface area contributed by atoms with Crippen LogP contribution >= 0.6 is 0 Å². The molecule has 2 fully saturated rings. The number of piperidine rings is 1. The predicted molar refractivity (Wildman–Crippen MR) is 169 cm³/mol. The Labute approximate surface area is 261 Å². The number of amides is 1. The number of halogens is 4. The molecule has 6 rings (SSSR count). The second-order valence-corrected chi connectivity index (χ2v) is 12.7. The Morgan fingerprint density at radius 1 is 1.00 bits per heavy atom. The monoisotopic (exact) mass is 612 g/mol. The van der Waals surface area contributed by atoms with Crippen LogP contribution in [-0.4, -0.2) is 36.0 Å². The molecule has 0 bridgehead atoms. The summed E-state index contributed by atoms with van der Waals surface area (Å²) in [6.45, 7) is 3.83. The number of nitrogens with zero attached hydrogens (tertiary/aromatic N) is 1. The lowest BCUT2D eigenvalue weighted by Gasteiger charge is -2.36. The zero-order chi connectivity index (χ0) is 31.9. The van der Waals surface area contributed by atoms with Crippen molar-refractivity contribution in [3.63, 3.8) is 0 Å². The molecule has 1 aliphatic heterocycles. The number of carbonyl (C=O) groups excluding carboxylic acids is 1. The summed E-state index contributed by atoms with van der Waals surface area (Å²) in [6.07, 6.45) is 3.50. The van der Waals surface area contributed by atoms with Gasteiger partial charge in [-0.1, -0.05) is 60.5 Å². The standard InChI is InChI=1S/C38H36F4N2O/c1-24-6-3-4-9-31(24)33-23-38(33,17-14-34(39)40)29-15-18-44(19-16-29)36(45)27-12-13-32(28(21-27)20-25-10-11-25)35(43)26-7-5-8-30(22-26)37(2,41)42/h3-9,12-13,21-23,25,29,34,43H,10-11,15-16,18-20H2,1-2H3. The van der Waals surface area contributed by atoms with E-state index in [0.717, 1.165) is 48.4 Å². The van der Waals surface area contributed by atoms with Gasteiger partial charge in [0, 0.05) is 42.3 Å². The lowest BCUT2D eigenvalue weighted by Crippen LogP contribution is -2.41. The van der Waals surface area contributed by atoms with Crippen molar-refractivity contribution in [1.82, 2.24) is 4.90 Å². The highest BCUT2D eigenvalue weighted by atomic mass is 19.3. The maximum absolute atomic E-state index is 14.0. The third kappa shape index (κ3) is 6.47. The lowest BCUT2D eigenvalue weighted by atomic mass is 9.76. The van der Waals surface area contributed by atoms with Gasteiger partial charge in [0.25, 0.3) is 18.3 Å². The SMILES string of the molecule is Cc1ccccc1C1=CC1(C#CC(F)F)C1CCN(C(=O)c2ccc(C(=N)c3cccc(C(C)(F)F)c3)c(CC3CC3)c2)CC1. The summed E-state index contributed by atoms with van der Waals surface area (Å²) < 4.78 is 54.4. The van der Waals surface area contributed by atoms with E-state index in [1.807, 2.05) is 48.2 Å². The number of benzene rings is 3. The number of hydrogen-bond donors (Lipinski definition) is 1. The maximum Gasteiger partial charge on any atom is 0.298 e. The van der Waals surface area contributed by atoms with Gasteiger partial charge in [-0.3, -0.25) is 10.2 Å². The minimum atomic E-state index is -3.01. The van der Waals surface area contributed by atoms with Crippen LogP contribution in [0.1, 0.15) is 76.3 Å². The number of carbonyl (C=O) groups is 1. The maximum atomic E-state index is 14.0. The van der Waals surface area contributed by atoms with Crippen LogP contribution in [-0.2, 0) is 12.3 Å². The Balaban J connectivity index is 1.19. The molecule has 1 saturated carbocycles. The Morgan fingerprint density at radius 3 is 2.40 bits per heavy atom. The van der Waals surface area contributed by atoms with E-state index in [4.69, 9.17) is 5.41 Å². The molecule has 3 aliphatic rings. The van der Waals surface area contributed by atoms with Crippen LogP contribution in [0.3, 0.4) is 0 Å². The number of likely N-dealkylation sites (tertiary alicyclic amines) is 1. The van der Waals surface area contributed by atoms with Gasteiger partial charge in [0.1, 0.15) is 0 Å². The first-order valence-corrected chi connectivity index (χ1v) is 15.6. The highest BCUT2D eigenvalue weighted by molar-refractivity contribution is 6.12. The summed E-state index contributed by atoms with van der Waals surface area (Å²) in [4.78, 5) is 15.5. The highest BCUT2D eigenvalue weighted by Gasteiger charge is 2.51. The molecule has 0 spiro atoms. The van der Waals surface area contributed by atoms with Crippen LogP contribution < -0.4 is 0 Å². The van der Waals surface area contributed by atoms with Crippen molar-refractivity contribution in [2.24, 2.45) is 17.3 Å². The minimum Gasteiger partial charge on any atom is -0.339 e. The Kier molecular flexibility index (Phi) is 8.20. The molecule has 3 aromatic rings. The van der Waals surface area contributed by atoms with Crippen molar-refractivity contribution in [2.45, 2.75) is 58.3 Å². The van der Waals surface area contributed by atoms with Gasteiger partial charge in [-0.2, -0.15) is 8.78 Å². The molecular weight excluding hydrogens is 576 g/mol. The van der Waals surface area contributed by atoms with E-state index in [1.165, 1.54) is 12.1 Å². The first kappa shape index (κ1) is 30.8. The van der Waals surface area contributed by atoms with Crippen LogP contribution in [0, 0.1) is 41.4 Å². The fourth-order valence-corrected chi connectivity index (χ4v) is 6.68. The van der Waals surface area contributed by atoms with Crippen molar-refractivity contribution in [3.05, 3.63) is 112 Å². The molecule has 7 heteroatoms. The van der Waals surface area contributed by atoms with Crippen LogP contribution in [0.15, 0.2) is 72.8 Å². The fraction of sp³-hybridized carbons (Fsp3) is 0.368. The van der Waals surface area contributed by atoms with E-state index in [2.05, 4.69) is 11.8 Å². The van der Waals surface area contributed by atoms with E-state index >= 15 is 0 Å². The van der Waals surface area contributed by atoms with Crippen LogP contribution in [0.2, 0.25) is 0 Å². The molecule has 1 saturated heterocycles. The van der Waals surface area contributed by atoms with E-state index < -0.39 is 17.8 Å². The Hall–Kier alpha value is -4.18. The first-order chi connectivity index (χ1) is 21.5. The van der Waals surface area contributed by atoms with E-state index in [9.17, 15) is 22.4 Å². The summed E-state index contributed by atoms with van der Waals surface area (Å²) in [5, 5.41) is 8.89. The van der Waals surface area contributed by atoms with Crippen molar-refractivity contribution in [1.29, 1.82) is 5.41 Å². The van der Waals surface area contributed by atoms with Gasteiger partial charge in [-0.15, -0.1) is 0 Å². The second kappa shape index (κ2) is 12.0. The van der Waals surface area contributed by atoms with Gasteiger partial charge >= 0.3 is 0 Å². The molecule has 232 valence electrons. The zero-order valence-electron chi connectivity index (χ0n) is 25.5. The zero-order valence-corrected chi connectivity index (χ0v) is 25.5. The summed E-state index contributed by atoms with van der Waals surface area (Å²) in [7, 11) is 0. The lowest BCUT2D eigenvalue weighted by molar-refractivity contribution is 0.0174. The number of alkyl halides is 4. The summed E-state index contributed by atoms with van der Waals surface area (Å²) in [5.74, 6) is 2.43. The molecule has 1 unspecified atom stereocenters. The Bertz CT molecular complexity index is 1730. The van der Waals surface area contributed by atoms with Crippen LogP contribution in [0.4, 0.5) is 17.6 Å². The normalized spacial score (nSPS) is 20.0. The van der Waals surface area contributed by atoms with Gasteiger partial charge in [-0.25, -0.2) is 8.78 Å². The van der Waals surface area contributed by atoms with Gasteiger partial charge in [-0.05, 0) is 97.2 Å². The third-order valence-electron chi connectivity index (χ3n) is 9.47. The van der Waals surface area contributed by atoms with Crippen molar-refractivity contribution >= 4 is 17.2 Å². The van der Waals surface area contributed by atoms with Gasteiger partial charge in [0.2, 0.25) is 0 Å². The molecule has 1 heterocycles. The van der Waals surface area contributed by atoms with Crippen molar-refractivity contribution < 1.29 is 22.4 Å². The number of nitrogens with one attached hydrogen (secondary N) is 1. The molecule has 1 amide bonds. The average Bonchev–Trinajstić information content (AvgIpc) is 3.96. The molecule has 2 aliphatic carbocycles. The van der Waals surface area contributed by atoms with Crippen LogP contribution in [0.25, 0.3) is 5.57 Å². The summed E-state index contributed by atoms with van der Waals surface area (Å²) >= 11 is 0. The smallest absolute Gasteiger partial charge is 0.298 e. The fourth-order valence-electron chi connectivity index (χ4n) is 6.68. The van der Waals surface area contributed by atoms with Crippen molar-refractivity contribution in [2.75, 3.05) is 13.1 Å². The molecule has 3 aromatic carbocycles. The third-order valence-corrected chi connectivity index (χ3v) is 9.47. The molecule has 0 radical (unpaired) electrons. The van der Waals surface area contributed by atoms with Gasteiger partial charge in [0.15, 0.2) is 0 Å². The average molecular weight is 613 g/mol. The van der Waals surface area contributed by atoms with Gasteiger partial charge in [0.05, 0.1) is 11.1 Å². The predicted octanol–water partition coefficient (Wildman–Crippen LogP) is 8.68. The van der Waals surface area contributed by atoms with E-state index in [1.54, 1.807) is 24.3 Å². The number of hydrogen-bond acceptors (Lipinski definition) is 2. The topological polar surface area (TPSA) is 44.2 Å². The minimum absolute atomic E-state index is 0.0296. The molecule has 1 N–H and O–H groups in total. The summed E-state index contributed by atoms with van der Waals surface area (Å²) in [6, 6.07) is 19.2. The second-order valence-electron chi connectivity index (χ2n) is 12.7. The molecule has 3 nitrogen and oxygen atoms in total. The summed E-state index contributed by atoms with van der Waals surface area (Å²) in [5.41, 5.74) is 4.90. The van der Waals surface area contributed by atoms with Crippen LogP contribution in [0.5, 0.6) is 0 Å². The van der Waals surface area contributed by atoms with Gasteiger partial charge < -0.3 is 4.90 Å². The quantitative estimate of drug-likeness (QED) is 0.154. The Morgan fingerprint density at radius 2 is 1.73 bits per heavy atom. The highest BCUT2D eigenvalue weighted by Crippen LogP contribution is 2.59. The number of allylic oxidation sites excluding steroid dienone is 2. The van der Waals surface area contributed by atoms with E-state index in [0.29, 0.717) is 48.5 Å². The first-order valence-electron chi connectivity index (χ1n) is 15.6. The van der Waals surface area contributed by atoms with Crippen molar-refractivity contribution in [3.8, 4) is 11.8 Å². The number of aryl methyl sites for hydroxylation is 1. The number of rotatable bonds is 8. The molecule has 45 heavy (non-hydrogen) atoms. The molecular formula is C38H36F4N2O. The molecule has 0 aromatic heterocycles.